The van der Waals surface area contributed by atoms with E-state index in [1.54, 1.807) is 0 Å². The van der Waals surface area contributed by atoms with Crippen LogP contribution in [0.25, 0.3) is 0 Å². The van der Waals surface area contributed by atoms with Crippen LogP contribution in [0.2, 0.25) is 0 Å². The lowest BCUT2D eigenvalue weighted by molar-refractivity contribution is -0.117. The van der Waals surface area contributed by atoms with Gasteiger partial charge >= 0.3 is 0 Å². The summed E-state index contributed by atoms with van der Waals surface area (Å²) in [5.74, 6) is -2.61. The zero-order valence-corrected chi connectivity index (χ0v) is 14.7. The summed E-state index contributed by atoms with van der Waals surface area (Å²) in [5.41, 5.74) is 1.97. The molecule has 136 valence electrons. The smallest absolute Gasteiger partial charge is 0.288 e. The molecule has 3 rings (SSSR count). The summed E-state index contributed by atoms with van der Waals surface area (Å²) >= 11 is 0.442. The van der Waals surface area contributed by atoms with Crippen LogP contribution in [0, 0.1) is 5.92 Å². The van der Waals surface area contributed by atoms with Crippen LogP contribution in [0.5, 0.6) is 0 Å². The zero-order valence-electron chi connectivity index (χ0n) is 13.9. The Bertz CT molecular complexity index is 792. The zero-order chi connectivity index (χ0) is 18.5. The number of carbonyl (C=O) groups excluding carboxylic acids is 2. The average Bonchev–Trinajstić information content (AvgIpc) is 3.45. The third kappa shape index (κ3) is 5.29. The highest BCUT2D eigenvalue weighted by atomic mass is 32.2. The first kappa shape index (κ1) is 18.4. The van der Waals surface area contributed by atoms with Crippen LogP contribution in [0.4, 0.5) is 14.5 Å². The van der Waals surface area contributed by atoms with Crippen molar-refractivity contribution in [2.45, 2.75) is 30.0 Å². The number of amides is 2. The van der Waals surface area contributed by atoms with Gasteiger partial charge in [-0.05, 0) is 54.8 Å². The third-order valence-electron chi connectivity index (χ3n) is 3.94. The molecule has 0 saturated heterocycles. The molecule has 0 heterocycles. The van der Waals surface area contributed by atoms with Gasteiger partial charge in [-0.3, -0.25) is 9.59 Å². The third-order valence-corrected chi connectivity index (χ3v) is 4.66. The van der Waals surface area contributed by atoms with E-state index >= 15 is 0 Å². The Labute approximate surface area is 154 Å². The minimum Gasteiger partial charge on any atom is -0.348 e. The molecule has 1 fully saturated rings. The number of halogens is 2. The maximum Gasteiger partial charge on any atom is 0.288 e. The van der Waals surface area contributed by atoms with E-state index in [0.29, 0.717) is 34.5 Å². The molecule has 0 spiro atoms. The Balaban J connectivity index is 1.54. The highest BCUT2D eigenvalue weighted by Gasteiger charge is 2.29. The van der Waals surface area contributed by atoms with Gasteiger partial charge in [0.05, 0.1) is 0 Å². The van der Waals surface area contributed by atoms with Gasteiger partial charge in [-0.2, -0.15) is 8.78 Å². The van der Waals surface area contributed by atoms with Gasteiger partial charge in [-0.25, -0.2) is 0 Å². The van der Waals surface area contributed by atoms with Crippen LogP contribution in [-0.4, -0.2) is 17.6 Å². The van der Waals surface area contributed by atoms with Crippen LogP contribution < -0.4 is 10.6 Å². The van der Waals surface area contributed by atoms with E-state index in [1.807, 2.05) is 24.3 Å². The van der Waals surface area contributed by atoms with Crippen molar-refractivity contribution in [1.82, 2.24) is 5.32 Å². The number of hydrogen-bond donors (Lipinski definition) is 2. The second-order valence-corrected chi connectivity index (χ2v) is 7.11. The first-order valence-electron chi connectivity index (χ1n) is 8.24. The van der Waals surface area contributed by atoms with Crippen molar-refractivity contribution in [1.29, 1.82) is 0 Å². The Morgan fingerprint density at radius 2 is 1.85 bits per heavy atom. The minimum absolute atomic E-state index is 0.0351. The molecule has 0 aliphatic heterocycles. The molecule has 4 nitrogen and oxygen atoms in total. The molecule has 0 aromatic heterocycles. The molecule has 0 unspecified atom stereocenters. The number of nitrogens with one attached hydrogen (secondary N) is 2. The number of rotatable bonds is 7. The van der Waals surface area contributed by atoms with Gasteiger partial charge < -0.3 is 10.6 Å². The maximum absolute atomic E-state index is 12.3. The van der Waals surface area contributed by atoms with Gasteiger partial charge in [0.1, 0.15) is 0 Å². The fourth-order valence-electron chi connectivity index (χ4n) is 2.42. The van der Waals surface area contributed by atoms with Crippen molar-refractivity contribution < 1.29 is 18.4 Å². The van der Waals surface area contributed by atoms with Gasteiger partial charge in [-0.1, -0.05) is 23.9 Å². The summed E-state index contributed by atoms with van der Waals surface area (Å²) < 4.78 is 24.6. The van der Waals surface area contributed by atoms with Gasteiger partial charge in [0.2, 0.25) is 5.91 Å². The number of anilines is 1. The van der Waals surface area contributed by atoms with Crippen LogP contribution in [0.3, 0.4) is 0 Å². The van der Waals surface area contributed by atoms with E-state index in [1.165, 1.54) is 24.3 Å². The number of benzene rings is 2. The second-order valence-electron chi connectivity index (χ2n) is 6.05. The number of thioether (sulfide) groups is 1. The Kier molecular flexibility index (Phi) is 5.88. The van der Waals surface area contributed by atoms with E-state index < -0.39 is 5.76 Å². The van der Waals surface area contributed by atoms with Crippen molar-refractivity contribution in [3.8, 4) is 0 Å². The molecule has 1 aliphatic carbocycles. The Morgan fingerprint density at radius 1 is 1.12 bits per heavy atom. The predicted molar refractivity (Wildman–Crippen MR) is 97.3 cm³/mol. The lowest BCUT2D eigenvalue weighted by atomic mass is 10.1. The largest absolute Gasteiger partial charge is 0.348 e. The minimum atomic E-state index is -2.48. The van der Waals surface area contributed by atoms with Crippen LogP contribution in [0.15, 0.2) is 53.4 Å². The van der Waals surface area contributed by atoms with E-state index in [2.05, 4.69) is 10.6 Å². The van der Waals surface area contributed by atoms with E-state index in [-0.39, 0.29) is 17.7 Å². The number of alkyl halides is 2. The van der Waals surface area contributed by atoms with Gasteiger partial charge in [-0.15, -0.1) is 0 Å². The van der Waals surface area contributed by atoms with Crippen molar-refractivity contribution >= 4 is 29.3 Å². The molecule has 7 heteroatoms. The Hall–Kier alpha value is -2.41. The summed E-state index contributed by atoms with van der Waals surface area (Å²) in [4.78, 5) is 24.4. The predicted octanol–water partition coefficient (Wildman–Crippen LogP) is 4.28. The lowest BCUT2D eigenvalue weighted by Gasteiger charge is -2.09. The fourth-order valence-corrected chi connectivity index (χ4v) is 2.92. The summed E-state index contributed by atoms with van der Waals surface area (Å²) in [5, 5.41) is 5.65. The molecule has 2 aromatic carbocycles. The van der Waals surface area contributed by atoms with E-state index in [4.69, 9.17) is 0 Å². The molecular weight excluding hydrogens is 358 g/mol. The number of carbonyl (C=O) groups is 2. The quantitative estimate of drug-likeness (QED) is 0.709. The molecule has 2 aromatic rings. The highest BCUT2D eigenvalue weighted by Crippen LogP contribution is 2.30. The molecular formula is C19H18F2N2O2S. The molecule has 26 heavy (non-hydrogen) atoms. The first-order chi connectivity index (χ1) is 12.5. The molecule has 1 saturated carbocycles. The van der Waals surface area contributed by atoms with Crippen molar-refractivity contribution in [2.24, 2.45) is 5.92 Å². The van der Waals surface area contributed by atoms with Crippen LogP contribution in [0.1, 0.15) is 28.8 Å². The first-order valence-corrected chi connectivity index (χ1v) is 9.12. The SMILES string of the molecule is O=C(NCc1cccc(NC(=O)C2CC2)c1)c1ccc(SC(F)F)cc1. The molecule has 0 bridgehead atoms. The highest BCUT2D eigenvalue weighted by molar-refractivity contribution is 7.99. The molecule has 2 N–H and O–H groups in total. The Morgan fingerprint density at radius 3 is 2.50 bits per heavy atom. The summed E-state index contributed by atoms with van der Waals surface area (Å²) in [7, 11) is 0. The van der Waals surface area contributed by atoms with Crippen molar-refractivity contribution in [2.75, 3.05) is 5.32 Å². The topological polar surface area (TPSA) is 58.2 Å². The van der Waals surface area contributed by atoms with Crippen LogP contribution in [-0.2, 0) is 11.3 Å². The standard InChI is InChI=1S/C19H18F2N2O2S/c20-19(21)26-16-8-6-13(7-9-16)17(24)22-11-12-2-1-3-15(10-12)23-18(25)14-4-5-14/h1-3,6-10,14,19H,4-5,11H2,(H,22,24)(H,23,25). The summed E-state index contributed by atoms with van der Waals surface area (Å²) in [6.07, 6.45) is 1.88. The molecule has 2 amide bonds. The van der Waals surface area contributed by atoms with E-state index in [9.17, 15) is 18.4 Å². The van der Waals surface area contributed by atoms with Crippen molar-refractivity contribution in [3.05, 3.63) is 59.7 Å². The average molecular weight is 376 g/mol. The molecule has 0 atom stereocenters. The van der Waals surface area contributed by atoms with Crippen LogP contribution >= 0.6 is 11.8 Å². The number of hydrogen-bond acceptors (Lipinski definition) is 3. The summed E-state index contributed by atoms with van der Waals surface area (Å²) in [6, 6.07) is 13.3. The molecule has 0 radical (unpaired) electrons. The van der Waals surface area contributed by atoms with Gasteiger partial charge in [0.25, 0.3) is 11.7 Å². The fraction of sp³-hybridized carbons (Fsp3) is 0.263. The lowest BCUT2D eigenvalue weighted by Crippen LogP contribution is -2.22. The second kappa shape index (κ2) is 8.31. The van der Waals surface area contributed by atoms with Gasteiger partial charge in [0.15, 0.2) is 0 Å². The van der Waals surface area contributed by atoms with E-state index in [0.717, 1.165) is 18.4 Å². The maximum atomic E-state index is 12.3. The summed E-state index contributed by atoms with van der Waals surface area (Å²) in [6.45, 7) is 0.305. The van der Waals surface area contributed by atoms with Gasteiger partial charge in [0, 0.05) is 28.6 Å². The monoisotopic (exact) mass is 376 g/mol. The molecule has 1 aliphatic rings. The van der Waals surface area contributed by atoms with Crippen molar-refractivity contribution in [3.63, 3.8) is 0 Å². The normalized spacial score (nSPS) is 13.5.